The molecular weight excluding hydrogens is 298 g/mol. The molecule has 1 aromatic heterocycles. The van der Waals surface area contributed by atoms with Gasteiger partial charge in [-0.3, -0.25) is 9.59 Å². The number of nitriles is 1. The Morgan fingerprint density at radius 3 is 2.73 bits per heavy atom. The first-order valence-corrected chi connectivity index (χ1v) is 8.62. The quantitative estimate of drug-likeness (QED) is 0.791. The molecule has 6 heteroatoms. The number of thiophene rings is 1. The highest BCUT2D eigenvalue weighted by atomic mass is 32.1. The van der Waals surface area contributed by atoms with Gasteiger partial charge in [0.15, 0.2) is 0 Å². The summed E-state index contributed by atoms with van der Waals surface area (Å²) >= 11 is 1.48. The summed E-state index contributed by atoms with van der Waals surface area (Å²) < 4.78 is 0. The second-order valence-electron chi connectivity index (χ2n) is 5.67. The highest BCUT2D eigenvalue weighted by Gasteiger charge is 2.33. The van der Waals surface area contributed by atoms with Gasteiger partial charge in [0.1, 0.15) is 5.54 Å². The van der Waals surface area contributed by atoms with Crippen molar-refractivity contribution in [3.05, 3.63) is 22.4 Å². The maximum atomic E-state index is 12.0. The second kappa shape index (κ2) is 7.95. The van der Waals surface area contributed by atoms with E-state index in [2.05, 4.69) is 16.7 Å². The Labute approximate surface area is 134 Å². The molecule has 5 nitrogen and oxygen atoms in total. The lowest BCUT2D eigenvalue weighted by Crippen LogP contribution is -2.48. The Kier molecular flexibility index (Phi) is 5.96. The zero-order valence-corrected chi connectivity index (χ0v) is 13.4. The van der Waals surface area contributed by atoms with Crippen molar-refractivity contribution in [3.8, 4) is 6.07 Å². The first-order chi connectivity index (χ1) is 10.7. The van der Waals surface area contributed by atoms with Crippen LogP contribution in [-0.4, -0.2) is 23.9 Å². The third-order valence-electron chi connectivity index (χ3n) is 3.95. The van der Waals surface area contributed by atoms with Crippen molar-refractivity contribution < 1.29 is 9.59 Å². The molecular formula is C16H21N3O2S. The highest BCUT2D eigenvalue weighted by molar-refractivity contribution is 7.08. The van der Waals surface area contributed by atoms with Crippen molar-refractivity contribution in [1.29, 1.82) is 5.26 Å². The molecule has 1 saturated carbocycles. The van der Waals surface area contributed by atoms with E-state index in [-0.39, 0.29) is 11.8 Å². The van der Waals surface area contributed by atoms with Crippen LogP contribution >= 0.6 is 11.3 Å². The van der Waals surface area contributed by atoms with Gasteiger partial charge in [-0.05, 0) is 30.7 Å². The Bertz CT molecular complexity index is 542. The summed E-state index contributed by atoms with van der Waals surface area (Å²) in [5.41, 5.74) is -0.0185. The molecule has 1 fully saturated rings. The fourth-order valence-corrected chi connectivity index (χ4v) is 3.33. The monoisotopic (exact) mass is 319 g/mol. The van der Waals surface area contributed by atoms with Crippen molar-refractivity contribution >= 4 is 23.2 Å². The molecule has 0 aromatic carbocycles. The van der Waals surface area contributed by atoms with Crippen molar-refractivity contribution in [3.63, 3.8) is 0 Å². The van der Waals surface area contributed by atoms with Crippen molar-refractivity contribution in [1.82, 2.24) is 10.6 Å². The molecule has 0 bridgehead atoms. The van der Waals surface area contributed by atoms with E-state index in [0.29, 0.717) is 24.9 Å². The molecule has 1 aromatic rings. The zero-order chi connectivity index (χ0) is 15.8. The van der Waals surface area contributed by atoms with E-state index in [4.69, 9.17) is 0 Å². The van der Waals surface area contributed by atoms with Gasteiger partial charge in [-0.15, -0.1) is 0 Å². The molecule has 2 amide bonds. The van der Waals surface area contributed by atoms with Crippen LogP contribution in [0, 0.1) is 11.3 Å². The molecule has 0 saturated heterocycles. The van der Waals surface area contributed by atoms with E-state index >= 15 is 0 Å². The van der Waals surface area contributed by atoms with E-state index in [1.54, 1.807) is 11.4 Å². The third-order valence-corrected chi connectivity index (χ3v) is 4.63. The number of hydrogen-bond donors (Lipinski definition) is 2. The molecule has 2 N–H and O–H groups in total. The van der Waals surface area contributed by atoms with Crippen LogP contribution in [0.25, 0.3) is 0 Å². The summed E-state index contributed by atoms with van der Waals surface area (Å²) in [5.74, 6) is -0.212. The average Bonchev–Trinajstić information content (AvgIpc) is 3.07. The average molecular weight is 319 g/mol. The fraction of sp³-hybridized carbons (Fsp3) is 0.562. The summed E-state index contributed by atoms with van der Waals surface area (Å²) in [5, 5.41) is 18.6. The summed E-state index contributed by atoms with van der Waals surface area (Å²) in [7, 11) is 0. The van der Waals surface area contributed by atoms with Gasteiger partial charge in [0.2, 0.25) is 5.91 Å². The Hall–Kier alpha value is -1.87. The van der Waals surface area contributed by atoms with Crippen LogP contribution in [0.3, 0.4) is 0 Å². The number of carbonyl (C=O) groups excluding carboxylic acids is 2. The van der Waals surface area contributed by atoms with Crippen LogP contribution in [0.15, 0.2) is 16.8 Å². The number of rotatable bonds is 6. The topological polar surface area (TPSA) is 82.0 Å². The highest BCUT2D eigenvalue weighted by Crippen LogP contribution is 2.27. The van der Waals surface area contributed by atoms with Crippen LogP contribution in [0.1, 0.15) is 55.3 Å². The van der Waals surface area contributed by atoms with Gasteiger partial charge < -0.3 is 10.6 Å². The lowest BCUT2D eigenvalue weighted by Gasteiger charge is -2.31. The van der Waals surface area contributed by atoms with Gasteiger partial charge >= 0.3 is 0 Å². The summed E-state index contributed by atoms with van der Waals surface area (Å²) in [6.45, 7) is 0.460. The normalized spacial score (nSPS) is 16.5. The van der Waals surface area contributed by atoms with Gasteiger partial charge in [0, 0.05) is 23.9 Å². The Balaban J connectivity index is 1.67. The molecule has 1 heterocycles. The smallest absolute Gasteiger partial charge is 0.252 e. The van der Waals surface area contributed by atoms with Gasteiger partial charge in [-0.2, -0.15) is 16.6 Å². The third kappa shape index (κ3) is 4.57. The maximum absolute atomic E-state index is 12.0. The second-order valence-corrected chi connectivity index (χ2v) is 6.45. The number of hydrogen-bond acceptors (Lipinski definition) is 4. The van der Waals surface area contributed by atoms with Crippen molar-refractivity contribution in [2.24, 2.45) is 0 Å². The number of amides is 2. The largest absolute Gasteiger partial charge is 0.352 e. The summed E-state index contributed by atoms with van der Waals surface area (Å²) in [6.07, 6.45) is 5.49. The van der Waals surface area contributed by atoms with Crippen molar-refractivity contribution in [2.75, 3.05) is 6.54 Å². The molecule has 0 aliphatic heterocycles. The molecule has 22 heavy (non-hydrogen) atoms. The standard InChI is InChI=1S/C16H21N3O2S/c17-12-16(7-2-1-3-8-16)19-14(20)5-4-9-18-15(21)13-6-10-22-11-13/h6,10-11H,1-5,7-9H2,(H,18,21)(H,19,20). The Morgan fingerprint density at radius 1 is 1.32 bits per heavy atom. The molecule has 1 aliphatic carbocycles. The molecule has 0 unspecified atom stereocenters. The lowest BCUT2D eigenvalue weighted by molar-refractivity contribution is -0.122. The predicted molar refractivity (Wildman–Crippen MR) is 85.5 cm³/mol. The molecule has 0 atom stereocenters. The minimum Gasteiger partial charge on any atom is -0.352 e. The van der Waals surface area contributed by atoms with Crippen LogP contribution < -0.4 is 10.6 Å². The SMILES string of the molecule is N#CC1(NC(=O)CCCNC(=O)c2ccsc2)CCCCC1. The van der Waals surface area contributed by atoms with E-state index in [1.807, 2.05) is 5.38 Å². The first-order valence-electron chi connectivity index (χ1n) is 7.68. The molecule has 2 rings (SSSR count). The van der Waals surface area contributed by atoms with Gasteiger partial charge in [0.25, 0.3) is 5.91 Å². The van der Waals surface area contributed by atoms with Crippen LogP contribution in [-0.2, 0) is 4.79 Å². The van der Waals surface area contributed by atoms with Crippen LogP contribution in [0.4, 0.5) is 0 Å². The Morgan fingerprint density at radius 2 is 2.09 bits per heavy atom. The predicted octanol–water partition coefficient (Wildman–Crippen LogP) is 2.60. The molecule has 1 aliphatic rings. The number of nitrogens with zero attached hydrogens (tertiary/aromatic N) is 1. The minimum atomic E-state index is -0.671. The molecule has 0 spiro atoms. The van der Waals surface area contributed by atoms with E-state index in [9.17, 15) is 14.9 Å². The fourth-order valence-electron chi connectivity index (χ4n) is 2.70. The summed E-state index contributed by atoms with van der Waals surface area (Å²) in [6, 6.07) is 4.05. The lowest BCUT2D eigenvalue weighted by atomic mass is 9.83. The first kappa shape index (κ1) is 16.5. The molecule has 0 radical (unpaired) electrons. The minimum absolute atomic E-state index is 0.103. The zero-order valence-electron chi connectivity index (χ0n) is 12.6. The maximum Gasteiger partial charge on any atom is 0.252 e. The van der Waals surface area contributed by atoms with Crippen LogP contribution in [0.5, 0.6) is 0 Å². The van der Waals surface area contributed by atoms with E-state index in [0.717, 1.165) is 32.1 Å². The van der Waals surface area contributed by atoms with Crippen molar-refractivity contribution in [2.45, 2.75) is 50.5 Å². The summed E-state index contributed by atoms with van der Waals surface area (Å²) in [4.78, 5) is 23.7. The number of carbonyl (C=O) groups is 2. The molecule has 118 valence electrons. The van der Waals surface area contributed by atoms with Crippen LogP contribution in [0.2, 0.25) is 0 Å². The van der Waals surface area contributed by atoms with Gasteiger partial charge in [-0.1, -0.05) is 19.3 Å². The van der Waals surface area contributed by atoms with E-state index in [1.165, 1.54) is 11.3 Å². The van der Waals surface area contributed by atoms with E-state index < -0.39 is 5.54 Å². The van der Waals surface area contributed by atoms with Gasteiger partial charge in [-0.25, -0.2) is 0 Å². The van der Waals surface area contributed by atoms with Gasteiger partial charge in [0.05, 0.1) is 6.07 Å². The number of nitrogens with one attached hydrogen (secondary N) is 2.